The van der Waals surface area contributed by atoms with Crippen molar-refractivity contribution >= 4 is 11.6 Å². The first-order valence-corrected chi connectivity index (χ1v) is 7.15. The van der Waals surface area contributed by atoms with E-state index in [1.807, 2.05) is 12.1 Å². The molecule has 126 valence electrons. The van der Waals surface area contributed by atoms with Crippen molar-refractivity contribution in [3.63, 3.8) is 0 Å². The average Bonchev–Trinajstić information content (AvgIpc) is 2.65. The molecule has 24 heavy (non-hydrogen) atoms. The van der Waals surface area contributed by atoms with Gasteiger partial charge in [-0.1, -0.05) is 0 Å². The number of amides is 1. The van der Waals surface area contributed by atoms with E-state index in [4.69, 9.17) is 14.2 Å². The second kappa shape index (κ2) is 7.96. The van der Waals surface area contributed by atoms with Crippen LogP contribution in [0.25, 0.3) is 0 Å². The van der Waals surface area contributed by atoms with E-state index >= 15 is 0 Å². The van der Waals surface area contributed by atoms with Crippen LogP contribution in [-0.2, 0) is 0 Å². The number of hydrogen-bond donors (Lipinski definition) is 1. The molecule has 0 aliphatic carbocycles. The van der Waals surface area contributed by atoms with E-state index in [0.717, 1.165) is 5.56 Å². The van der Waals surface area contributed by atoms with Gasteiger partial charge in [0.05, 0.1) is 27.0 Å². The summed E-state index contributed by atoms with van der Waals surface area (Å²) in [6, 6.07) is 6.75. The molecule has 0 aliphatic heterocycles. The minimum Gasteiger partial charge on any atom is -0.493 e. The van der Waals surface area contributed by atoms with E-state index in [-0.39, 0.29) is 5.91 Å². The Morgan fingerprint density at radius 3 is 2.08 bits per heavy atom. The Morgan fingerprint density at radius 2 is 1.58 bits per heavy atom. The van der Waals surface area contributed by atoms with Crippen LogP contribution in [0.3, 0.4) is 0 Å². The number of hydrazone groups is 1. The first kappa shape index (κ1) is 17.3. The van der Waals surface area contributed by atoms with Gasteiger partial charge < -0.3 is 14.2 Å². The SMILES string of the molecule is COc1cc(C(=O)N/N=C(/C)c2ccncc2)cc(OC)c1OC. The van der Waals surface area contributed by atoms with Crippen molar-refractivity contribution in [1.82, 2.24) is 10.4 Å². The number of nitrogens with zero attached hydrogens (tertiary/aromatic N) is 2. The van der Waals surface area contributed by atoms with Gasteiger partial charge in [-0.15, -0.1) is 0 Å². The summed E-state index contributed by atoms with van der Waals surface area (Å²) in [6.07, 6.45) is 3.32. The number of rotatable bonds is 6. The number of aromatic nitrogens is 1. The van der Waals surface area contributed by atoms with Crippen molar-refractivity contribution in [2.24, 2.45) is 5.10 Å². The van der Waals surface area contributed by atoms with Crippen molar-refractivity contribution in [3.05, 3.63) is 47.8 Å². The molecule has 0 saturated heterocycles. The van der Waals surface area contributed by atoms with Crippen LogP contribution in [0.5, 0.6) is 17.2 Å². The van der Waals surface area contributed by atoms with Crippen LogP contribution in [0.4, 0.5) is 0 Å². The van der Waals surface area contributed by atoms with E-state index < -0.39 is 0 Å². The first-order chi connectivity index (χ1) is 11.6. The fourth-order valence-corrected chi connectivity index (χ4v) is 2.07. The molecule has 0 atom stereocenters. The highest BCUT2D eigenvalue weighted by molar-refractivity contribution is 6.01. The zero-order valence-corrected chi connectivity index (χ0v) is 14.0. The molecule has 1 N–H and O–H groups in total. The number of hydrogen-bond acceptors (Lipinski definition) is 6. The summed E-state index contributed by atoms with van der Waals surface area (Å²) < 4.78 is 15.7. The maximum atomic E-state index is 12.3. The van der Waals surface area contributed by atoms with Crippen molar-refractivity contribution in [3.8, 4) is 17.2 Å². The van der Waals surface area contributed by atoms with Crippen LogP contribution in [-0.4, -0.2) is 37.9 Å². The Hall–Kier alpha value is -3.09. The fraction of sp³-hybridized carbons (Fsp3) is 0.235. The predicted octanol–water partition coefficient (Wildman–Crippen LogP) is 2.26. The molecule has 7 nitrogen and oxygen atoms in total. The Bertz CT molecular complexity index is 720. The molecule has 2 rings (SSSR count). The maximum absolute atomic E-state index is 12.3. The molecule has 1 amide bonds. The third kappa shape index (κ3) is 3.81. The standard InChI is InChI=1S/C17H19N3O4/c1-11(12-5-7-18-8-6-12)19-20-17(21)13-9-14(22-2)16(24-4)15(10-13)23-3/h5-10H,1-4H3,(H,20,21)/b19-11-. The zero-order chi connectivity index (χ0) is 17.5. The lowest BCUT2D eigenvalue weighted by Gasteiger charge is -2.13. The van der Waals surface area contributed by atoms with Crippen LogP contribution < -0.4 is 19.6 Å². The normalized spacial score (nSPS) is 10.9. The number of pyridine rings is 1. The predicted molar refractivity (Wildman–Crippen MR) is 90.0 cm³/mol. The molecule has 0 spiro atoms. The Morgan fingerprint density at radius 1 is 1.00 bits per heavy atom. The van der Waals surface area contributed by atoms with Crippen molar-refractivity contribution < 1.29 is 19.0 Å². The summed E-state index contributed by atoms with van der Waals surface area (Å²) in [4.78, 5) is 16.3. The number of benzene rings is 1. The van der Waals surface area contributed by atoms with E-state index in [0.29, 0.717) is 28.5 Å². The van der Waals surface area contributed by atoms with E-state index in [1.165, 1.54) is 21.3 Å². The minimum atomic E-state index is -0.386. The smallest absolute Gasteiger partial charge is 0.271 e. The lowest BCUT2D eigenvalue weighted by molar-refractivity contribution is 0.0954. The molecule has 1 heterocycles. The number of carbonyl (C=O) groups excluding carboxylic acids is 1. The Balaban J connectivity index is 2.24. The second-order valence-electron chi connectivity index (χ2n) is 4.79. The number of methoxy groups -OCH3 is 3. The van der Waals surface area contributed by atoms with Gasteiger partial charge in [0.2, 0.25) is 5.75 Å². The third-order valence-corrected chi connectivity index (χ3v) is 3.35. The minimum absolute atomic E-state index is 0.343. The highest BCUT2D eigenvalue weighted by atomic mass is 16.5. The molecule has 7 heteroatoms. The highest BCUT2D eigenvalue weighted by Gasteiger charge is 2.16. The van der Waals surface area contributed by atoms with Gasteiger partial charge in [0.15, 0.2) is 11.5 Å². The lowest BCUT2D eigenvalue weighted by Crippen LogP contribution is -2.19. The highest BCUT2D eigenvalue weighted by Crippen LogP contribution is 2.38. The van der Waals surface area contributed by atoms with E-state index in [9.17, 15) is 4.79 Å². The molecular weight excluding hydrogens is 310 g/mol. The largest absolute Gasteiger partial charge is 0.493 e. The second-order valence-corrected chi connectivity index (χ2v) is 4.79. The van der Waals surface area contributed by atoms with Crippen LogP contribution in [0, 0.1) is 0 Å². The summed E-state index contributed by atoms with van der Waals surface area (Å²) in [5.74, 6) is 0.837. The topological polar surface area (TPSA) is 82.0 Å². The van der Waals surface area contributed by atoms with E-state index in [1.54, 1.807) is 31.5 Å². The van der Waals surface area contributed by atoms with Gasteiger partial charge in [0.1, 0.15) is 0 Å². The van der Waals surface area contributed by atoms with Gasteiger partial charge in [0, 0.05) is 23.5 Å². The van der Waals surface area contributed by atoms with Crippen LogP contribution in [0.1, 0.15) is 22.8 Å². The van der Waals surface area contributed by atoms with Gasteiger partial charge in [-0.3, -0.25) is 9.78 Å². The average molecular weight is 329 g/mol. The van der Waals surface area contributed by atoms with Gasteiger partial charge in [-0.05, 0) is 31.2 Å². The molecule has 1 aromatic carbocycles. The van der Waals surface area contributed by atoms with Crippen molar-refractivity contribution in [2.75, 3.05) is 21.3 Å². The van der Waals surface area contributed by atoms with Gasteiger partial charge >= 0.3 is 0 Å². The first-order valence-electron chi connectivity index (χ1n) is 7.15. The van der Waals surface area contributed by atoms with Gasteiger partial charge in [-0.2, -0.15) is 5.10 Å². The monoisotopic (exact) mass is 329 g/mol. The summed E-state index contributed by atoms with van der Waals surface area (Å²) in [5, 5.41) is 4.10. The Kier molecular flexibility index (Phi) is 5.73. The van der Waals surface area contributed by atoms with E-state index in [2.05, 4.69) is 15.5 Å². The number of ether oxygens (including phenoxy) is 3. The molecule has 0 aliphatic rings. The van der Waals surface area contributed by atoms with Crippen molar-refractivity contribution in [2.45, 2.75) is 6.92 Å². The molecule has 0 saturated carbocycles. The quantitative estimate of drug-likeness (QED) is 0.649. The molecule has 1 aromatic heterocycles. The number of nitrogens with one attached hydrogen (secondary N) is 1. The summed E-state index contributed by atoms with van der Waals surface area (Å²) in [6.45, 7) is 1.80. The Labute approximate surface area is 140 Å². The zero-order valence-electron chi connectivity index (χ0n) is 14.0. The molecule has 0 fully saturated rings. The maximum Gasteiger partial charge on any atom is 0.271 e. The van der Waals surface area contributed by atoms with Crippen molar-refractivity contribution in [1.29, 1.82) is 0 Å². The summed E-state index contributed by atoms with van der Waals surface area (Å²) in [5.41, 5.74) is 4.39. The molecule has 0 unspecified atom stereocenters. The molecule has 0 radical (unpaired) electrons. The van der Waals surface area contributed by atoms with Crippen LogP contribution >= 0.6 is 0 Å². The summed E-state index contributed by atoms with van der Waals surface area (Å²) >= 11 is 0. The fourth-order valence-electron chi connectivity index (χ4n) is 2.07. The molecular formula is C17H19N3O4. The lowest BCUT2D eigenvalue weighted by atomic mass is 10.1. The van der Waals surface area contributed by atoms with Gasteiger partial charge in [-0.25, -0.2) is 5.43 Å². The summed E-state index contributed by atoms with van der Waals surface area (Å²) in [7, 11) is 4.48. The van der Waals surface area contributed by atoms with Crippen LogP contribution in [0.15, 0.2) is 41.8 Å². The molecule has 2 aromatic rings. The molecule has 0 bridgehead atoms. The van der Waals surface area contributed by atoms with Gasteiger partial charge in [0.25, 0.3) is 5.91 Å². The third-order valence-electron chi connectivity index (χ3n) is 3.35. The number of carbonyl (C=O) groups is 1. The van der Waals surface area contributed by atoms with Crippen LogP contribution in [0.2, 0.25) is 0 Å².